The molecule has 1 N–H and O–H groups in total. The van der Waals surface area contributed by atoms with Gasteiger partial charge < -0.3 is 10.1 Å². The molecule has 0 aromatic heterocycles. The molecule has 1 aromatic rings. The van der Waals surface area contributed by atoms with Gasteiger partial charge >= 0.3 is 0 Å². The number of nitrogens with one attached hydrogen (secondary N) is 1. The Kier molecular flexibility index (Phi) is 5.09. The van der Waals surface area contributed by atoms with Crippen molar-refractivity contribution in [2.24, 2.45) is 0 Å². The zero-order valence-corrected chi connectivity index (χ0v) is 13.4. The summed E-state index contributed by atoms with van der Waals surface area (Å²) in [7, 11) is 0. The van der Waals surface area contributed by atoms with Gasteiger partial charge in [0.1, 0.15) is 11.4 Å². The fourth-order valence-corrected chi connectivity index (χ4v) is 3.08. The Morgan fingerprint density at radius 2 is 2.05 bits per heavy atom. The van der Waals surface area contributed by atoms with Gasteiger partial charge in [0.05, 0.1) is 0 Å². The van der Waals surface area contributed by atoms with Crippen molar-refractivity contribution in [3.63, 3.8) is 0 Å². The van der Waals surface area contributed by atoms with E-state index in [9.17, 15) is 0 Å². The lowest BCUT2D eigenvalue weighted by atomic mass is 9.89. The Balaban J connectivity index is 2.03. The number of unbranched alkanes of at least 4 members (excludes halogenated alkanes) is 2. The van der Waals surface area contributed by atoms with Crippen LogP contribution < -0.4 is 10.1 Å². The molecule has 1 aliphatic rings. The standard InChI is InChI=1S/C18H29NO/c1-5-6-7-10-14(2)19-16-13-18(3,4)20-17-12-9-8-11-15(16)17/h8-9,11-12,14,16,19H,5-7,10,13H2,1-4H3. The summed E-state index contributed by atoms with van der Waals surface area (Å²) in [6.45, 7) is 8.93. The Bertz CT molecular complexity index is 427. The molecule has 2 heteroatoms. The summed E-state index contributed by atoms with van der Waals surface area (Å²) in [5.41, 5.74) is 1.23. The number of ether oxygens (including phenoxy) is 1. The molecule has 0 spiro atoms. The molecule has 0 fully saturated rings. The Hall–Kier alpha value is -1.02. The molecule has 0 amide bonds. The van der Waals surface area contributed by atoms with Crippen molar-refractivity contribution in [3.05, 3.63) is 29.8 Å². The van der Waals surface area contributed by atoms with Gasteiger partial charge in [-0.05, 0) is 33.3 Å². The van der Waals surface area contributed by atoms with E-state index in [0.29, 0.717) is 12.1 Å². The van der Waals surface area contributed by atoms with Gasteiger partial charge in [0.25, 0.3) is 0 Å². The number of rotatable bonds is 6. The smallest absolute Gasteiger partial charge is 0.124 e. The van der Waals surface area contributed by atoms with Crippen LogP contribution in [0.5, 0.6) is 5.75 Å². The monoisotopic (exact) mass is 275 g/mol. The van der Waals surface area contributed by atoms with Gasteiger partial charge in [0.15, 0.2) is 0 Å². The third kappa shape index (κ3) is 3.99. The van der Waals surface area contributed by atoms with E-state index in [1.54, 1.807) is 0 Å². The lowest BCUT2D eigenvalue weighted by Crippen LogP contribution is -2.42. The molecule has 1 aliphatic heterocycles. The third-order valence-electron chi connectivity index (χ3n) is 4.10. The molecule has 2 rings (SSSR count). The summed E-state index contributed by atoms with van der Waals surface area (Å²) >= 11 is 0. The summed E-state index contributed by atoms with van der Waals surface area (Å²) in [5.74, 6) is 1.04. The van der Waals surface area contributed by atoms with Gasteiger partial charge in [-0.3, -0.25) is 0 Å². The van der Waals surface area contributed by atoms with E-state index in [4.69, 9.17) is 4.74 Å². The molecular formula is C18H29NO. The van der Waals surface area contributed by atoms with Crippen molar-refractivity contribution in [2.45, 2.75) is 77.5 Å². The van der Waals surface area contributed by atoms with Gasteiger partial charge in [0, 0.05) is 24.1 Å². The molecule has 2 atom stereocenters. The van der Waals surface area contributed by atoms with Crippen LogP contribution in [-0.2, 0) is 0 Å². The van der Waals surface area contributed by atoms with Crippen LogP contribution >= 0.6 is 0 Å². The highest BCUT2D eigenvalue weighted by atomic mass is 16.5. The normalized spacial score (nSPS) is 21.9. The van der Waals surface area contributed by atoms with Crippen LogP contribution in [0, 0.1) is 0 Å². The van der Waals surface area contributed by atoms with Crippen LogP contribution in [0.15, 0.2) is 24.3 Å². The van der Waals surface area contributed by atoms with Gasteiger partial charge in [-0.1, -0.05) is 44.4 Å². The molecule has 20 heavy (non-hydrogen) atoms. The highest BCUT2D eigenvalue weighted by Crippen LogP contribution is 2.39. The quantitative estimate of drug-likeness (QED) is 0.749. The van der Waals surface area contributed by atoms with Gasteiger partial charge in [-0.2, -0.15) is 0 Å². The minimum absolute atomic E-state index is 0.0881. The Labute approximate surface area is 123 Å². The summed E-state index contributed by atoms with van der Waals surface area (Å²) in [6, 6.07) is 9.42. The first-order valence-electron chi connectivity index (χ1n) is 8.06. The summed E-state index contributed by atoms with van der Waals surface area (Å²) in [4.78, 5) is 0. The third-order valence-corrected chi connectivity index (χ3v) is 4.10. The molecule has 1 heterocycles. The summed E-state index contributed by atoms with van der Waals surface area (Å²) in [6.07, 6.45) is 6.23. The summed E-state index contributed by atoms with van der Waals surface area (Å²) < 4.78 is 6.09. The minimum Gasteiger partial charge on any atom is -0.487 e. The minimum atomic E-state index is -0.0881. The van der Waals surface area contributed by atoms with E-state index in [1.807, 2.05) is 0 Å². The van der Waals surface area contributed by atoms with Crippen LogP contribution in [0.25, 0.3) is 0 Å². The predicted octanol–water partition coefficient (Wildman–Crippen LogP) is 4.85. The van der Waals surface area contributed by atoms with E-state index in [2.05, 4.69) is 57.3 Å². The van der Waals surface area contributed by atoms with Crippen LogP contribution in [-0.4, -0.2) is 11.6 Å². The topological polar surface area (TPSA) is 21.3 Å². The lowest BCUT2D eigenvalue weighted by molar-refractivity contribution is 0.0638. The molecule has 0 saturated carbocycles. The largest absolute Gasteiger partial charge is 0.487 e. The van der Waals surface area contributed by atoms with Gasteiger partial charge in [-0.15, -0.1) is 0 Å². The number of para-hydroxylation sites is 1. The highest BCUT2D eigenvalue weighted by molar-refractivity contribution is 5.38. The first-order chi connectivity index (χ1) is 9.52. The Morgan fingerprint density at radius 3 is 2.80 bits per heavy atom. The van der Waals surface area contributed by atoms with Crippen molar-refractivity contribution < 1.29 is 4.74 Å². The first-order valence-corrected chi connectivity index (χ1v) is 8.06. The number of fused-ring (bicyclic) bond motifs is 1. The molecule has 2 unspecified atom stereocenters. The van der Waals surface area contributed by atoms with Gasteiger partial charge in [0.2, 0.25) is 0 Å². The SMILES string of the molecule is CCCCCC(C)NC1CC(C)(C)Oc2ccccc21. The number of benzene rings is 1. The van der Waals surface area contributed by atoms with Crippen molar-refractivity contribution >= 4 is 0 Å². The average molecular weight is 275 g/mol. The summed E-state index contributed by atoms with van der Waals surface area (Å²) in [5, 5.41) is 3.81. The zero-order chi connectivity index (χ0) is 14.6. The van der Waals surface area contributed by atoms with Crippen molar-refractivity contribution in [1.29, 1.82) is 0 Å². The molecule has 0 radical (unpaired) electrons. The van der Waals surface area contributed by atoms with Crippen LogP contribution in [0.2, 0.25) is 0 Å². The van der Waals surface area contributed by atoms with E-state index in [0.717, 1.165) is 12.2 Å². The molecule has 1 aromatic carbocycles. The number of hydrogen-bond acceptors (Lipinski definition) is 2. The molecule has 2 nitrogen and oxygen atoms in total. The van der Waals surface area contributed by atoms with E-state index in [-0.39, 0.29) is 5.60 Å². The van der Waals surface area contributed by atoms with Crippen LogP contribution in [0.1, 0.15) is 71.4 Å². The van der Waals surface area contributed by atoms with E-state index in [1.165, 1.54) is 31.2 Å². The van der Waals surface area contributed by atoms with Crippen LogP contribution in [0.3, 0.4) is 0 Å². The Morgan fingerprint density at radius 1 is 1.30 bits per heavy atom. The second kappa shape index (κ2) is 6.62. The fourth-order valence-electron chi connectivity index (χ4n) is 3.08. The second-order valence-electron chi connectivity index (χ2n) is 6.72. The van der Waals surface area contributed by atoms with E-state index >= 15 is 0 Å². The van der Waals surface area contributed by atoms with Crippen LogP contribution in [0.4, 0.5) is 0 Å². The molecule has 112 valence electrons. The highest BCUT2D eigenvalue weighted by Gasteiger charge is 2.33. The second-order valence-corrected chi connectivity index (χ2v) is 6.72. The number of hydrogen-bond donors (Lipinski definition) is 1. The zero-order valence-electron chi connectivity index (χ0n) is 13.4. The van der Waals surface area contributed by atoms with Crippen molar-refractivity contribution in [3.8, 4) is 5.75 Å². The molecule has 0 saturated heterocycles. The fraction of sp³-hybridized carbons (Fsp3) is 0.667. The molecule has 0 aliphatic carbocycles. The van der Waals surface area contributed by atoms with E-state index < -0.39 is 0 Å². The maximum atomic E-state index is 6.09. The lowest BCUT2D eigenvalue weighted by Gasteiger charge is -2.39. The average Bonchev–Trinajstić information content (AvgIpc) is 2.37. The maximum Gasteiger partial charge on any atom is 0.124 e. The van der Waals surface area contributed by atoms with Gasteiger partial charge in [-0.25, -0.2) is 0 Å². The predicted molar refractivity (Wildman–Crippen MR) is 85.2 cm³/mol. The molecular weight excluding hydrogens is 246 g/mol. The maximum absolute atomic E-state index is 6.09. The van der Waals surface area contributed by atoms with Crippen molar-refractivity contribution in [2.75, 3.05) is 0 Å². The van der Waals surface area contributed by atoms with Crippen molar-refractivity contribution in [1.82, 2.24) is 5.32 Å². The molecule has 0 bridgehead atoms. The first kappa shape index (κ1) is 15.4.